The van der Waals surface area contributed by atoms with Gasteiger partial charge in [-0.1, -0.05) is 6.92 Å². The van der Waals surface area contributed by atoms with E-state index in [4.69, 9.17) is 0 Å². The molecule has 0 saturated carbocycles. The van der Waals surface area contributed by atoms with Crippen LogP contribution in [-0.4, -0.2) is 43.0 Å². The molecule has 0 aliphatic heterocycles. The molecule has 1 aromatic heterocycles. The summed E-state index contributed by atoms with van der Waals surface area (Å²) in [4.78, 5) is 0. The second-order valence-electron chi connectivity index (χ2n) is 4.57. The number of hydrogen-bond donors (Lipinski definition) is 1. The molecule has 3 unspecified atom stereocenters. The van der Waals surface area contributed by atoms with Gasteiger partial charge in [-0.25, -0.2) is 4.68 Å². The van der Waals surface area contributed by atoms with Crippen molar-refractivity contribution in [3.05, 3.63) is 5.82 Å². The molecule has 0 aliphatic rings. The van der Waals surface area contributed by atoms with Crippen LogP contribution in [-0.2, 0) is 10.8 Å². The van der Waals surface area contributed by atoms with E-state index in [9.17, 15) is 4.21 Å². The van der Waals surface area contributed by atoms with Crippen LogP contribution in [0.1, 0.15) is 51.5 Å². The summed E-state index contributed by atoms with van der Waals surface area (Å²) in [6.07, 6.45) is 3.62. The van der Waals surface area contributed by atoms with E-state index in [-0.39, 0.29) is 12.1 Å². The summed E-state index contributed by atoms with van der Waals surface area (Å²) in [6, 6.07) is 0.305. The second kappa shape index (κ2) is 7.58. The molecule has 0 amide bonds. The van der Waals surface area contributed by atoms with E-state index in [0.29, 0.717) is 5.75 Å². The van der Waals surface area contributed by atoms with Gasteiger partial charge in [-0.15, -0.1) is 5.10 Å². The number of rotatable bonds is 8. The highest BCUT2D eigenvalue weighted by atomic mass is 32.2. The largest absolute Gasteiger partial charge is 0.307 e. The maximum Gasteiger partial charge on any atom is 0.168 e. The van der Waals surface area contributed by atoms with Crippen LogP contribution >= 0.6 is 0 Å². The zero-order chi connectivity index (χ0) is 13.5. The lowest BCUT2D eigenvalue weighted by molar-refractivity contribution is 0.419. The lowest BCUT2D eigenvalue weighted by Gasteiger charge is -2.17. The standard InChI is InChI=1S/C11H23N5OS/c1-5-7-12-10(3)11-13-14-15-16(11)9(2)6-8-18(4)17/h9-10,12H,5-8H2,1-4H3. The number of nitrogens with one attached hydrogen (secondary N) is 1. The van der Waals surface area contributed by atoms with Crippen LogP contribution in [0.25, 0.3) is 0 Å². The van der Waals surface area contributed by atoms with Gasteiger partial charge in [-0.05, 0) is 43.7 Å². The molecule has 3 atom stereocenters. The zero-order valence-corrected chi connectivity index (χ0v) is 12.4. The van der Waals surface area contributed by atoms with Gasteiger partial charge in [-0.2, -0.15) is 0 Å². The Morgan fingerprint density at radius 1 is 1.44 bits per heavy atom. The Bertz CT molecular complexity index is 381. The van der Waals surface area contributed by atoms with Gasteiger partial charge in [0.05, 0.1) is 12.1 Å². The first-order valence-corrected chi connectivity index (χ1v) is 8.10. The van der Waals surface area contributed by atoms with E-state index in [1.54, 1.807) is 6.26 Å². The predicted molar refractivity (Wildman–Crippen MR) is 72.8 cm³/mol. The number of aromatic nitrogens is 4. The van der Waals surface area contributed by atoms with E-state index in [0.717, 1.165) is 25.2 Å². The number of hydrogen-bond acceptors (Lipinski definition) is 5. The highest BCUT2D eigenvalue weighted by Gasteiger charge is 2.17. The fourth-order valence-electron chi connectivity index (χ4n) is 1.71. The molecule has 1 rings (SSSR count). The molecule has 0 aromatic carbocycles. The third kappa shape index (κ3) is 4.45. The molecule has 0 bridgehead atoms. The van der Waals surface area contributed by atoms with Crippen LogP contribution in [0.5, 0.6) is 0 Å². The van der Waals surface area contributed by atoms with Crippen molar-refractivity contribution < 1.29 is 4.21 Å². The lowest BCUT2D eigenvalue weighted by Crippen LogP contribution is -2.24. The summed E-state index contributed by atoms with van der Waals surface area (Å²) in [7, 11) is -0.767. The fraction of sp³-hybridized carbons (Fsp3) is 0.909. The Morgan fingerprint density at radius 2 is 2.17 bits per heavy atom. The Balaban J connectivity index is 2.65. The molecule has 0 saturated heterocycles. The third-order valence-corrected chi connectivity index (χ3v) is 3.66. The van der Waals surface area contributed by atoms with E-state index in [2.05, 4.69) is 41.6 Å². The number of nitrogens with zero attached hydrogens (tertiary/aromatic N) is 4. The predicted octanol–water partition coefficient (Wildman–Crippen LogP) is 1.06. The molecule has 0 aliphatic carbocycles. The van der Waals surface area contributed by atoms with Gasteiger partial charge < -0.3 is 5.32 Å². The Hall–Kier alpha value is -0.820. The van der Waals surface area contributed by atoms with Crippen molar-refractivity contribution in [3.8, 4) is 0 Å². The average Bonchev–Trinajstić information content (AvgIpc) is 2.82. The first-order valence-electron chi connectivity index (χ1n) is 6.37. The molecular weight excluding hydrogens is 250 g/mol. The van der Waals surface area contributed by atoms with Crippen LogP contribution in [0.4, 0.5) is 0 Å². The average molecular weight is 273 g/mol. The fourth-order valence-corrected chi connectivity index (χ4v) is 2.38. The van der Waals surface area contributed by atoms with Crippen molar-refractivity contribution >= 4 is 10.8 Å². The zero-order valence-electron chi connectivity index (χ0n) is 11.6. The molecule has 0 fully saturated rings. The summed E-state index contributed by atoms with van der Waals surface area (Å²) < 4.78 is 12.9. The van der Waals surface area contributed by atoms with Gasteiger partial charge >= 0.3 is 0 Å². The maximum atomic E-state index is 11.1. The van der Waals surface area contributed by atoms with E-state index >= 15 is 0 Å². The minimum atomic E-state index is -0.767. The van der Waals surface area contributed by atoms with Gasteiger partial charge in [0, 0.05) is 22.8 Å². The molecule has 0 spiro atoms. The molecule has 1 heterocycles. The molecule has 7 heteroatoms. The van der Waals surface area contributed by atoms with Crippen molar-refractivity contribution in [2.45, 2.75) is 45.7 Å². The maximum absolute atomic E-state index is 11.1. The lowest BCUT2D eigenvalue weighted by atomic mass is 10.2. The molecule has 6 nitrogen and oxygen atoms in total. The Labute approximate surface area is 111 Å². The van der Waals surface area contributed by atoms with E-state index in [1.165, 1.54) is 0 Å². The van der Waals surface area contributed by atoms with Crippen molar-refractivity contribution in [2.75, 3.05) is 18.6 Å². The Kier molecular flexibility index (Phi) is 6.42. The van der Waals surface area contributed by atoms with Crippen LogP contribution in [0, 0.1) is 0 Å². The van der Waals surface area contributed by atoms with Crippen molar-refractivity contribution in [1.29, 1.82) is 0 Å². The molecular formula is C11H23N5OS. The van der Waals surface area contributed by atoms with Gasteiger partial charge in [0.2, 0.25) is 0 Å². The summed E-state index contributed by atoms with van der Waals surface area (Å²) >= 11 is 0. The van der Waals surface area contributed by atoms with Crippen molar-refractivity contribution in [2.24, 2.45) is 0 Å². The van der Waals surface area contributed by atoms with Crippen LogP contribution in [0.15, 0.2) is 0 Å². The van der Waals surface area contributed by atoms with E-state index < -0.39 is 10.8 Å². The van der Waals surface area contributed by atoms with Gasteiger partial charge in [0.25, 0.3) is 0 Å². The highest BCUT2D eigenvalue weighted by Crippen LogP contribution is 2.15. The third-order valence-electron chi connectivity index (χ3n) is 2.85. The summed E-state index contributed by atoms with van der Waals surface area (Å²) in [5, 5.41) is 15.2. The first-order chi connectivity index (χ1) is 8.56. The SMILES string of the molecule is CCCNC(C)c1nnnn1C(C)CCS(C)=O. The van der Waals surface area contributed by atoms with Crippen molar-refractivity contribution in [1.82, 2.24) is 25.5 Å². The summed E-state index contributed by atoms with van der Waals surface area (Å²) in [5.74, 6) is 1.52. The van der Waals surface area contributed by atoms with E-state index in [1.807, 2.05) is 4.68 Å². The van der Waals surface area contributed by atoms with Crippen molar-refractivity contribution in [3.63, 3.8) is 0 Å². The normalized spacial score (nSPS) is 16.4. The van der Waals surface area contributed by atoms with Crippen LogP contribution in [0.3, 0.4) is 0 Å². The molecule has 18 heavy (non-hydrogen) atoms. The minimum Gasteiger partial charge on any atom is -0.307 e. The first kappa shape index (κ1) is 15.2. The van der Waals surface area contributed by atoms with Gasteiger partial charge in [-0.3, -0.25) is 4.21 Å². The summed E-state index contributed by atoms with van der Waals surface area (Å²) in [5.41, 5.74) is 0. The highest BCUT2D eigenvalue weighted by molar-refractivity contribution is 7.84. The topological polar surface area (TPSA) is 72.7 Å². The van der Waals surface area contributed by atoms with Gasteiger partial charge in [0.1, 0.15) is 0 Å². The van der Waals surface area contributed by atoms with Crippen LogP contribution < -0.4 is 5.32 Å². The molecule has 0 radical (unpaired) electrons. The molecule has 104 valence electrons. The Morgan fingerprint density at radius 3 is 2.78 bits per heavy atom. The number of tetrazole rings is 1. The molecule has 1 aromatic rings. The smallest absolute Gasteiger partial charge is 0.168 e. The second-order valence-corrected chi connectivity index (χ2v) is 6.13. The van der Waals surface area contributed by atoms with Crippen LogP contribution in [0.2, 0.25) is 0 Å². The quantitative estimate of drug-likeness (QED) is 0.767. The monoisotopic (exact) mass is 273 g/mol. The van der Waals surface area contributed by atoms with Gasteiger partial charge in [0.15, 0.2) is 5.82 Å². The minimum absolute atomic E-state index is 0.134. The summed E-state index contributed by atoms with van der Waals surface area (Å²) in [6.45, 7) is 7.19. The molecule has 1 N–H and O–H groups in total.